The number of benzene rings is 2. The van der Waals surface area contributed by atoms with E-state index >= 15 is 0 Å². The number of carbonyl (C=O) groups is 1. The maximum atomic E-state index is 12.4. The summed E-state index contributed by atoms with van der Waals surface area (Å²) in [5, 5.41) is 14.3. The minimum absolute atomic E-state index is 0.0425. The summed E-state index contributed by atoms with van der Waals surface area (Å²) in [5.74, 6) is 0.527. The van der Waals surface area contributed by atoms with Crippen LogP contribution < -0.4 is 15.0 Å². The normalized spacial score (nSPS) is 17.1. The fourth-order valence-electron chi connectivity index (χ4n) is 4.27. The van der Waals surface area contributed by atoms with Gasteiger partial charge in [-0.25, -0.2) is 4.98 Å². The Hall–Kier alpha value is -3.76. The van der Waals surface area contributed by atoms with Crippen molar-refractivity contribution in [3.8, 4) is 5.75 Å². The van der Waals surface area contributed by atoms with E-state index in [0.717, 1.165) is 37.1 Å². The number of fused-ring (bicyclic) bond motifs is 1. The number of nitro benzene ring substituents is 1. The van der Waals surface area contributed by atoms with Crippen molar-refractivity contribution in [2.75, 3.05) is 43.1 Å². The number of hydrogen-bond donors (Lipinski definition) is 1. The van der Waals surface area contributed by atoms with Crippen molar-refractivity contribution in [3.05, 3.63) is 64.7 Å². The number of nitrogens with one attached hydrogen (secondary N) is 1. The zero-order valence-corrected chi connectivity index (χ0v) is 18.4. The molecule has 10 nitrogen and oxygen atoms in total. The molecule has 1 amide bonds. The maximum Gasteiger partial charge on any atom is 0.269 e. The van der Waals surface area contributed by atoms with Crippen molar-refractivity contribution in [2.45, 2.75) is 18.6 Å². The molecule has 0 bridgehead atoms. The second-order valence-electron chi connectivity index (χ2n) is 8.23. The van der Waals surface area contributed by atoms with Crippen LogP contribution in [0.4, 0.5) is 17.2 Å². The molecular weight excluding hydrogens is 440 g/mol. The lowest BCUT2D eigenvalue weighted by Gasteiger charge is -2.38. The van der Waals surface area contributed by atoms with Crippen molar-refractivity contribution in [1.29, 1.82) is 0 Å². The Morgan fingerprint density at radius 3 is 2.53 bits per heavy atom. The van der Waals surface area contributed by atoms with Crippen LogP contribution in [0.25, 0.3) is 10.9 Å². The number of anilines is 2. The summed E-state index contributed by atoms with van der Waals surface area (Å²) >= 11 is 0. The van der Waals surface area contributed by atoms with Crippen LogP contribution in [0.5, 0.6) is 5.75 Å². The van der Waals surface area contributed by atoms with Gasteiger partial charge < -0.3 is 24.4 Å². The summed E-state index contributed by atoms with van der Waals surface area (Å²) in [5.41, 5.74) is 1.09. The summed E-state index contributed by atoms with van der Waals surface area (Å²) in [6.07, 6.45) is 1.57. The van der Waals surface area contributed by atoms with Crippen LogP contribution in [0.2, 0.25) is 0 Å². The van der Waals surface area contributed by atoms with E-state index in [0.29, 0.717) is 30.2 Å². The van der Waals surface area contributed by atoms with Gasteiger partial charge in [0.1, 0.15) is 17.1 Å². The van der Waals surface area contributed by atoms with Gasteiger partial charge >= 0.3 is 0 Å². The van der Waals surface area contributed by atoms with Crippen LogP contribution in [0.3, 0.4) is 0 Å². The van der Waals surface area contributed by atoms with E-state index in [1.54, 1.807) is 6.07 Å². The fraction of sp³-hybridized carbons (Fsp3) is 0.333. The Balaban J connectivity index is 1.25. The second kappa shape index (κ2) is 9.24. The molecule has 0 radical (unpaired) electrons. The van der Waals surface area contributed by atoms with Gasteiger partial charge in [-0.15, -0.1) is 0 Å². The van der Waals surface area contributed by atoms with Gasteiger partial charge in [-0.2, -0.15) is 0 Å². The molecule has 2 aliphatic heterocycles. The maximum absolute atomic E-state index is 12.4. The molecule has 176 valence electrons. The van der Waals surface area contributed by atoms with Crippen molar-refractivity contribution in [2.24, 2.45) is 0 Å². The molecule has 0 saturated carbocycles. The molecule has 0 aliphatic carbocycles. The highest BCUT2D eigenvalue weighted by Crippen LogP contribution is 2.34. The highest BCUT2D eigenvalue weighted by Gasteiger charge is 2.40. The molecule has 2 aliphatic rings. The number of amides is 1. The first-order valence-corrected chi connectivity index (χ1v) is 11.1. The van der Waals surface area contributed by atoms with Crippen molar-refractivity contribution in [1.82, 2.24) is 4.98 Å². The number of para-hydroxylation sites is 1. The van der Waals surface area contributed by atoms with Gasteiger partial charge in [0.15, 0.2) is 12.4 Å². The first kappa shape index (κ1) is 22.1. The highest BCUT2D eigenvalue weighted by molar-refractivity contribution is 5.92. The molecule has 0 atom stereocenters. The number of hydrogen-bond acceptors (Lipinski definition) is 8. The average molecular weight is 464 g/mol. The predicted molar refractivity (Wildman–Crippen MR) is 125 cm³/mol. The van der Waals surface area contributed by atoms with Crippen LogP contribution in [-0.4, -0.2) is 54.5 Å². The van der Waals surface area contributed by atoms with Crippen molar-refractivity contribution >= 4 is 34.0 Å². The van der Waals surface area contributed by atoms with Gasteiger partial charge in [-0.1, -0.05) is 12.1 Å². The lowest BCUT2D eigenvalue weighted by atomic mass is 10.0. The SMILES string of the molecule is O=C(COc1cccc2ccc(N3CCC4(CC3)OCCO4)nc12)Nc1ccc([N+](=O)[O-])cc1. The molecule has 1 spiro atoms. The lowest BCUT2D eigenvalue weighted by molar-refractivity contribution is -0.384. The summed E-state index contributed by atoms with van der Waals surface area (Å²) in [7, 11) is 0. The molecule has 3 aromatic rings. The minimum atomic E-state index is -0.491. The number of aromatic nitrogens is 1. The lowest BCUT2D eigenvalue weighted by Crippen LogP contribution is -2.45. The van der Waals surface area contributed by atoms with Crippen LogP contribution in [0.1, 0.15) is 12.8 Å². The van der Waals surface area contributed by atoms with Crippen LogP contribution in [0, 0.1) is 10.1 Å². The van der Waals surface area contributed by atoms with Gasteiger partial charge in [0, 0.05) is 49.1 Å². The third kappa shape index (κ3) is 4.63. The van der Waals surface area contributed by atoms with Crippen molar-refractivity contribution < 1.29 is 23.9 Å². The molecule has 10 heteroatoms. The van der Waals surface area contributed by atoms with Gasteiger partial charge in [-0.05, 0) is 30.3 Å². The molecule has 2 fully saturated rings. The number of ether oxygens (including phenoxy) is 3. The number of piperidine rings is 1. The summed E-state index contributed by atoms with van der Waals surface area (Å²) < 4.78 is 17.4. The average Bonchev–Trinajstić information content (AvgIpc) is 3.31. The molecular formula is C24H24N4O6. The van der Waals surface area contributed by atoms with Gasteiger partial charge in [-0.3, -0.25) is 14.9 Å². The Morgan fingerprint density at radius 2 is 1.82 bits per heavy atom. The largest absolute Gasteiger partial charge is 0.481 e. The molecule has 1 aromatic heterocycles. The zero-order chi connectivity index (χ0) is 23.5. The quantitative estimate of drug-likeness (QED) is 0.435. The van der Waals surface area contributed by atoms with Crippen molar-refractivity contribution in [3.63, 3.8) is 0 Å². The topological polar surface area (TPSA) is 116 Å². The Morgan fingerprint density at radius 1 is 1.09 bits per heavy atom. The van der Waals surface area contributed by atoms with Crippen LogP contribution in [0.15, 0.2) is 54.6 Å². The van der Waals surface area contributed by atoms with Crippen LogP contribution in [-0.2, 0) is 14.3 Å². The minimum Gasteiger partial charge on any atom is -0.481 e. The Labute approximate surface area is 195 Å². The smallest absolute Gasteiger partial charge is 0.269 e. The Kier molecular flexibility index (Phi) is 5.99. The number of non-ortho nitro benzene ring substituents is 1. The fourth-order valence-corrected chi connectivity index (χ4v) is 4.27. The third-order valence-corrected chi connectivity index (χ3v) is 6.05. The number of pyridine rings is 1. The van der Waals surface area contributed by atoms with E-state index in [2.05, 4.69) is 10.2 Å². The summed E-state index contributed by atoms with van der Waals surface area (Å²) in [4.78, 5) is 29.7. The first-order valence-electron chi connectivity index (χ1n) is 11.1. The highest BCUT2D eigenvalue weighted by atomic mass is 16.7. The third-order valence-electron chi connectivity index (χ3n) is 6.05. The van der Waals surface area contributed by atoms with E-state index in [9.17, 15) is 14.9 Å². The summed E-state index contributed by atoms with van der Waals surface area (Å²) in [6.45, 7) is 2.63. The molecule has 2 saturated heterocycles. The van der Waals surface area contributed by atoms with E-state index in [1.165, 1.54) is 24.3 Å². The monoisotopic (exact) mass is 464 g/mol. The first-order chi connectivity index (χ1) is 16.5. The number of nitro groups is 1. The molecule has 0 unspecified atom stereocenters. The van der Waals surface area contributed by atoms with Gasteiger partial charge in [0.25, 0.3) is 11.6 Å². The molecule has 5 rings (SSSR count). The zero-order valence-electron chi connectivity index (χ0n) is 18.4. The number of rotatable bonds is 6. The predicted octanol–water partition coefficient (Wildman–Crippen LogP) is 3.50. The molecule has 3 heterocycles. The number of nitrogens with zero attached hydrogens (tertiary/aromatic N) is 3. The standard InChI is InChI=1S/C24H24N4O6/c29-22(25-18-5-7-19(8-6-18)28(30)31)16-32-20-3-1-2-17-4-9-21(26-23(17)20)27-12-10-24(11-13-27)33-14-15-34-24/h1-9H,10-16H2,(H,25,29). The van der Waals surface area contributed by atoms with Gasteiger partial charge in [0.05, 0.1) is 18.1 Å². The summed E-state index contributed by atoms with van der Waals surface area (Å²) in [6, 6.07) is 15.2. The molecule has 34 heavy (non-hydrogen) atoms. The van der Waals surface area contributed by atoms with Crippen LogP contribution >= 0.6 is 0 Å². The van der Waals surface area contributed by atoms with Gasteiger partial charge in [0.2, 0.25) is 0 Å². The number of carbonyl (C=O) groups excluding carboxylic acids is 1. The molecule has 1 N–H and O–H groups in total. The Bertz CT molecular complexity index is 1200. The van der Waals surface area contributed by atoms with E-state index in [4.69, 9.17) is 19.2 Å². The van der Waals surface area contributed by atoms with E-state index in [1.807, 2.05) is 24.3 Å². The van der Waals surface area contributed by atoms with E-state index < -0.39 is 10.7 Å². The molecule has 2 aromatic carbocycles. The second-order valence-corrected chi connectivity index (χ2v) is 8.23. The van der Waals surface area contributed by atoms with E-state index in [-0.39, 0.29) is 18.2 Å².